The average Bonchev–Trinajstić information content (AvgIpc) is 3.05. The maximum Gasteiger partial charge on any atom is 0.227 e. The van der Waals surface area contributed by atoms with E-state index >= 15 is 0 Å². The fraction of sp³-hybridized carbons (Fsp3) is 0.556. The predicted molar refractivity (Wildman–Crippen MR) is 96.6 cm³/mol. The molecule has 1 aromatic carbocycles. The highest BCUT2D eigenvalue weighted by molar-refractivity contribution is 7.22. The topological polar surface area (TPSA) is 45.7 Å². The van der Waals surface area contributed by atoms with Gasteiger partial charge in [0.25, 0.3) is 0 Å². The number of para-hydroxylation sites is 1. The number of thiazole rings is 1. The number of rotatable bonds is 2. The normalized spacial score (nSPS) is 25.2. The quantitative estimate of drug-likeness (QED) is 0.840. The minimum Gasteiger partial charge on any atom is -0.375 e. The van der Waals surface area contributed by atoms with Gasteiger partial charge in [-0.15, -0.1) is 0 Å². The number of hydrogen-bond donors (Lipinski definition) is 0. The highest BCUT2D eigenvalue weighted by atomic mass is 32.1. The SMILES string of the molecule is CC1CN(C(=O)C2CCCN(c3nc4ccccc4s3)C2)CCO1. The summed E-state index contributed by atoms with van der Waals surface area (Å²) in [7, 11) is 0. The van der Waals surface area contributed by atoms with E-state index in [-0.39, 0.29) is 17.9 Å². The first-order chi connectivity index (χ1) is 11.7. The van der Waals surface area contributed by atoms with Crippen molar-refractivity contribution in [2.24, 2.45) is 5.92 Å². The van der Waals surface area contributed by atoms with Crippen LogP contribution in [0.15, 0.2) is 24.3 Å². The van der Waals surface area contributed by atoms with Crippen molar-refractivity contribution in [2.45, 2.75) is 25.9 Å². The number of nitrogens with zero attached hydrogens (tertiary/aromatic N) is 3. The summed E-state index contributed by atoms with van der Waals surface area (Å²) < 4.78 is 6.77. The van der Waals surface area contributed by atoms with E-state index in [2.05, 4.69) is 17.0 Å². The van der Waals surface area contributed by atoms with Crippen LogP contribution in [0.4, 0.5) is 5.13 Å². The Balaban J connectivity index is 1.47. The molecule has 2 aliphatic rings. The van der Waals surface area contributed by atoms with Crippen molar-refractivity contribution in [1.82, 2.24) is 9.88 Å². The summed E-state index contributed by atoms with van der Waals surface area (Å²) in [6, 6.07) is 8.23. The number of carbonyl (C=O) groups is 1. The molecule has 0 N–H and O–H groups in total. The maximum absolute atomic E-state index is 12.9. The first-order valence-electron chi connectivity index (χ1n) is 8.71. The fourth-order valence-electron chi connectivity index (χ4n) is 3.62. The Bertz CT molecular complexity index is 699. The van der Waals surface area contributed by atoms with Crippen LogP contribution in [0, 0.1) is 5.92 Å². The van der Waals surface area contributed by atoms with Gasteiger partial charge in [-0.3, -0.25) is 4.79 Å². The number of aromatic nitrogens is 1. The van der Waals surface area contributed by atoms with Crippen molar-refractivity contribution < 1.29 is 9.53 Å². The van der Waals surface area contributed by atoms with Gasteiger partial charge in [-0.25, -0.2) is 4.98 Å². The van der Waals surface area contributed by atoms with Crippen molar-refractivity contribution in [3.63, 3.8) is 0 Å². The molecule has 6 heteroatoms. The van der Waals surface area contributed by atoms with E-state index in [4.69, 9.17) is 9.72 Å². The molecule has 0 spiro atoms. The number of hydrogen-bond acceptors (Lipinski definition) is 5. The summed E-state index contributed by atoms with van der Waals surface area (Å²) in [4.78, 5) is 21.9. The van der Waals surface area contributed by atoms with Gasteiger partial charge in [0.05, 0.1) is 28.8 Å². The van der Waals surface area contributed by atoms with E-state index in [0.717, 1.165) is 49.7 Å². The Hall–Kier alpha value is -1.66. The molecule has 0 bridgehead atoms. The van der Waals surface area contributed by atoms with Gasteiger partial charge < -0.3 is 14.5 Å². The molecular weight excluding hydrogens is 322 g/mol. The number of benzene rings is 1. The van der Waals surface area contributed by atoms with Gasteiger partial charge >= 0.3 is 0 Å². The third kappa shape index (κ3) is 3.13. The predicted octanol–water partition coefficient (Wildman–Crippen LogP) is 2.76. The van der Waals surface area contributed by atoms with Crippen molar-refractivity contribution in [1.29, 1.82) is 0 Å². The van der Waals surface area contributed by atoms with Crippen LogP contribution in [0.1, 0.15) is 19.8 Å². The second kappa shape index (κ2) is 6.69. The van der Waals surface area contributed by atoms with Crippen LogP contribution in [-0.4, -0.2) is 54.7 Å². The summed E-state index contributed by atoms with van der Waals surface area (Å²) in [5.74, 6) is 0.368. The molecule has 1 aromatic heterocycles. The van der Waals surface area contributed by atoms with Crippen LogP contribution >= 0.6 is 11.3 Å². The summed E-state index contributed by atoms with van der Waals surface area (Å²) in [6.07, 6.45) is 2.17. The van der Waals surface area contributed by atoms with E-state index < -0.39 is 0 Å². The number of piperidine rings is 1. The molecule has 128 valence electrons. The summed E-state index contributed by atoms with van der Waals surface area (Å²) in [6.45, 7) is 5.90. The molecule has 2 atom stereocenters. The summed E-state index contributed by atoms with van der Waals surface area (Å²) >= 11 is 1.72. The van der Waals surface area contributed by atoms with Crippen LogP contribution in [-0.2, 0) is 9.53 Å². The van der Waals surface area contributed by atoms with Gasteiger partial charge in [0.2, 0.25) is 5.91 Å². The van der Waals surface area contributed by atoms with Gasteiger partial charge in [0.15, 0.2) is 5.13 Å². The first-order valence-corrected chi connectivity index (χ1v) is 9.53. The van der Waals surface area contributed by atoms with E-state index in [0.29, 0.717) is 6.61 Å². The number of morpholine rings is 1. The van der Waals surface area contributed by atoms with Crippen molar-refractivity contribution in [2.75, 3.05) is 37.7 Å². The third-order valence-electron chi connectivity index (χ3n) is 4.88. The van der Waals surface area contributed by atoms with Crippen molar-refractivity contribution in [3.05, 3.63) is 24.3 Å². The summed E-state index contributed by atoms with van der Waals surface area (Å²) in [5, 5.41) is 1.05. The van der Waals surface area contributed by atoms with E-state index in [1.165, 1.54) is 4.70 Å². The fourth-order valence-corrected chi connectivity index (χ4v) is 4.63. The van der Waals surface area contributed by atoms with Crippen LogP contribution in [0.2, 0.25) is 0 Å². The third-order valence-corrected chi connectivity index (χ3v) is 5.97. The molecule has 1 amide bonds. The van der Waals surface area contributed by atoms with Gasteiger partial charge in [-0.2, -0.15) is 0 Å². The molecule has 5 nitrogen and oxygen atoms in total. The van der Waals surface area contributed by atoms with Crippen molar-refractivity contribution >= 4 is 32.6 Å². The van der Waals surface area contributed by atoms with Crippen LogP contribution in [0.3, 0.4) is 0 Å². The summed E-state index contributed by atoms with van der Waals surface area (Å²) in [5.41, 5.74) is 1.05. The highest BCUT2D eigenvalue weighted by Crippen LogP contribution is 2.32. The molecule has 3 heterocycles. The van der Waals surface area contributed by atoms with Gasteiger partial charge in [0.1, 0.15) is 0 Å². The van der Waals surface area contributed by atoms with Crippen LogP contribution in [0.25, 0.3) is 10.2 Å². The lowest BCUT2D eigenvalue weighted by Crippen LogP contribution is -2.50. The Morgan fingerprint density at radius 2 is 2.17 bits per heavy atom. The number of anilines is 1. The molecule has 0 saturated carbocycles. The Morgan fingerprint density at radius 1 is 1.29 bits per heavy atom. The lowest BCUT2D eigenvalue weighted by atomic mass is 9.96. The van der Waals surface area contributed by atoms with Gasteiger partial charge in [-0.05, 0) is 31.9 Å². The molecule has 24 heavy (non-hydrogen) atoms. The Kier molecular flexibility index (Phi) is 4.41. The number of amides is 1. The minimum atomic E-state index is 0.0797. The highest BCUT2D eigenvalue weighted by Gasteiger charge is 2.32. The molecule has 2 aromatic rings. The Morgan fingerprint density at radius 3 is 3.00 bits per heavy atom. The molecule has 0 aliphatic carbocycles. The van der Waals surface area contributed by atoms with E-state index in [1.54, 1.807) is 11.3 Å². The van der Waals surface area contributed by atoms with Crippen molar-refractivity contribution in [3.8, 4) is 0 Å². The Labute approximate surface area is 146 Å². The zero-order valence-electron chi connectivity index (χ0n) is 14.0. The maximum atomic E-state index is 12.9. The monoisotopic (exact) mass is 345 g/mol. The lowest BCUT2D eigenvalue weighted by Gasteiger charge is -2.37. The average molecular weight is 345 g/mol. The van der Waals surface area contributed by atoms with E-state index in [1.807, 2.05) is 24.0 Å². The van der Waals surface area contributed by atoms with Crippen LogP contribution in [0.5, 0.6) is 0 Å². The smallest absolute Gasteiger partial charge is 0.227 e. The minimum absolute atomic E-state index is 0.0797. The molecular formula is C18H23N3O2S. The van der Waals surface area contributed by atoms with E-state index in [9.17, 15) is 4.79 Å². The molecule has 0 radical (unpaired) electrons. The number of carbonyl (C=O) groups excluding carboxylic acids is 1. The zero-order valence-corrected chi connectivity index (χ0v) is 14.8. The molecule has 2 saturated heterocycles. The first kappa shape index (κ1) is 15.8. The largest absolute Gasteiger partial charge is 0.375 e. The lowest BCUT2D eigenvalue weighted by molar-refractivity contribution is -0.142. The molecule has 4 rings (SSSR count). The second-order valence-electron chi connectivity index (χ2n) is 6.71. The standard InChI is InChI=1S/C18H23N3O2S/c1-13-11-20(9-10-23-13)17(22)14-5-4-8-21(12-14)18-19-15-6-2-3-7-16(15)24-18/h2-3,6-7,13-14H,4-5,8-12H2,1H3. The number of ether oxygens (including phenoxy) is 1. The van der Waals surface area contributed by atoms with Crippen LogP contribution < -0.4 is 4.90 Å². The van der Waals surface area contributed by atoms with Gasteiger partial charge in [-0.1, -0.05) is 23.5 Å². The molecule has 2 aliphatic heterocycles. The zero-order chi connectivity index (χ0) is 16.5. The molecule has 2 fully saturated rings. The number of fused-ring (bicyclic) bond motifs is 1. The molecule has 2 unspecified atom stereocenters. The second-order valence-corrected chi connectivity index (χ2v) is 7.72. The van der Waals surface area contributed by atoms with Gasteiger partial charge in [0, 0.05) is 26.2 Å².